The van der Waals surface area contributed by atoms with Gasteiger partial charge in [0.1, 0.15) is 0 Å². The van der Waals surface area contributed by atoms with Crippen LogP contribution >= 0.6 is 11.8 Å². The molecular weight excluding hydrogens is 358 g/mol. The molecular formula is C19H16F2N2O2S. The quantitative estimate of drug-likeness (QED) is 0.641. The van der Waals surface area contributed by atoms with Gasteiger partial charge in [-0.15, -0.1) is 0 Å². The number of thioether (sulfide) groups is 1. The van der Waals surface area contributed by atoms with E-state index in [0.29, 0.717) is 11.0 Å². The molecule has 1 N–H and O–H groups in total. The maximum atomic E-state index is 13.1. The number of amides is 1. The number of anilines is 1. The van der Waals surface area contributed by atoms with Gasteiger partial charge in [0.2, 0.25) is 5.91 Å². The molecule has 1 amide bonds. The number of nitrogens with zero attached hydrogens (tertiary/aromatic N) is 1. The highest BCUT2D eigenvalue weighted by molar-refractivity contribution is 7.99. The molecule has 0 fully saturated rings. The van der Waals surface area contributed by atoms with Gasteiger partial charge in [-0.1, -0.05) is 23.9 Å². The zero-order valence-corrected chi connectivity index (χ0v) is 15.0. The van der Waals surface area contributed by atoms with Gasteiger partial charge in [0, 0.05) is 17.3 Å². The summed E-state index contributed by atoms with van der Waals surface area (Å²) in [6.07, 6.45) is 1.61. The van der Waals surface area contributed by atoms with Crippen molar-refractivity contribution < 1.29 is 18.0 Å². The monoisotopic (exact) mass is 374 g/mol. The van der Waals surface area contributed by atoms with Gasteiger partial charge in [-0.2, -0.15) is 0 Å². The lowest BCUT2D eigenvalue weighted by Gasteiger charge is -2.04. The summed E-state index contributed by atoms with van der Waals surface area (Å²) in [5.41, 5.74) is 3.45. The van der Waals surface area contributed by atoms with Crippen LogP contribution in [0.5, 0.6) is 0 Å². The Morgan fingerprint density at radius 2 is 1.92 bits per heavy atom. The summed E-state index contributed by atoms with van der Waals surface area (Å²) in [4.78, 5) is 16.1. The predicted octanol–water partition coefficient (Wildman–Crippen LogP) is 4.97. The van der Waals surface area contributed by atoms with E-state index in [1.165, 1.54) is 11.6 Å². The van der Waals surface area contributed by atoms with Crippen molar-refractivity contribution in [3.05, 3.63) is 65.4 Å². The molecule has 0 spiro atoms. The molecule has 0 bridgehead atoms. The predicted molar refractivity (Wildman–Crippen MR) is 97.1 cm³/mol. The molecule has 3 aromatic rings. The van der Waals surface area contributed by atoms with Crippen LogP contribution in [0.4, 0.5) is 14.5 Å². The fourth-order valence-electron chi connectivity index (χ4n) is 2.25. The molecule has 1 heterocycles. The summed E-state index contributed by atoms with van der Waals surface area (Å²) in [6.45, 7) is 4.06. The van der Waals surface area contributed by atoms with Crippen molar-refractivity contribution in [1.29, 1.82) is 0 Å². The number of hydrogen-bond donors (Lipinski definition) is 1. The average Bonchev–Trinajstić information content (AvgIpc) is 3.08. The molecule has 0 aliphatic rings. The Morgan fingerprint density at radius 1 is 1.12 bits per heavy atom. The molecule has 0 aliphatic heterocycles. The van der Waals surface area contributed by atoms with Gasteiger partial charge in [0.25, 0.3) is 5.22 Å². The van der Waals surface area contributed by atoms with E-state index in [1.807, 2.05) is 32.0 Å². The van der Waals surface area contributed by atoms with E-state index in [1.54, 1.807) is 6.20 Å². The maximum absolute atomic E-state index is 13.1. The Labute approximate surface area is 153 Å². The average molecular weight is 374 g/mol. The van der Waals surface area contributed by atoms with E-state index in [9.17, 15) is 13.6 Å². The van der Waals surface area contributed by atoms with Crippen LogP contribution in [0.15, 0.2) is 52.2 Å². The molecule has 0 unspecified atom stereocenters. The molecule has 134 valence electrons. The third-order valence-corrected chi connectivity index (χ3v) is 4.65. The van der Waals surface area contributed by atoms with Crippen LogP contribution in [0.3, 0.4) is 0 Å². The molecule has 1 aromatic heterocycles. The SMILES string of the molecule is Cc1ccc(-c2cnc(SCC(=O)Nc3ccc(F)c(F)c3)o2)cc1C. The largest absolute Gasteiger partial charge is 0.431 e. The Balaban J connectivity index is 1.59. The molecule has 0 saturated heterocycles. The highest BCUT2D eigenvalue weighted by Gasteiger charge is 2.11. The third-order valence-electron chi connectivity index (χ3n) is 3.81. The molecule has 0 radical (unpaired) electrons. The Kier molecular flexibility index (Phi) is 5.37. The highest BCUT2D eigenvalue weighted by Crippen LogP contribution is 2.27. The number of carbonyl (C=O) groups is 1. The van der Waals surface area contributed by atoms with Gasteiger partial charge >= 0.3 is 0 Å². The molecule has 0 saturated carbocycles. The lowest BCUT2D eigenvalue weighted by Crippen LogP contribution is -2.14. The molecule has 0 aliphatic carbocycles. The molecule has 4 nitrogen and oxygen atoms in total. The van der Waals surface area contributed by atoms with E-state index in [0.717, 1.165) is 35.0 Å². The first kappa shape index (κ1) is 18.1. The van der Waals surface area contributed by atoms with Gasteiger partial charge in [-0.05, 0) is 43.2 Å². The zero-order chi connectivity index (χ0) is 18.7. The third kappa shape index (κ3) is 4.29. The van der Waals surface area contributed by atoms with Crippen molar-refractivity contribution in [3.8, 4) is 11.3 Å². The second kappa shape index (κ2) is 7.70. The molecule has 26 heavy (non-hydrogen) atoms. The minimum absolute atomic E-state index is 0.0336. The molecule has 0 atom stereocenters. The number of hydrogen-bond acceptors (Lipinski definition) is 4. The highest BCUT2D eigenvalue weighted by atomic mass is 32.2. The van der Waals surface area contributed by atoms with Crippen molar-refractivity contribution >= 4 is 23.4 Å². The summed E-state index contributed by atoms with van der Waals surface area (Å²) in [5, 5.41) is 2.86. The van der Waals surface area contributed by atoms with Crippen LogP contribution in [0, 0.1) is 25.5 Å². The van der Waals surface area contributed by atoms with Gasteiger partial charge in [-0.25, -0.2) is 13.8 Å². The zero-order valence-electron chi connectivity index (χ0n) is 14.2. The number of nitrogens with one attached hydrogen (secondary N) is 1. The number of aromatic nitrogens is 1. The number of carbonyl (C=O) groups excluding carboxylic acids is 1. The Morgan fingerprint density at radius 3 is 2.65 bits per heavy atom. The first-order chi connectivity index (χ1) is 12.4. The second-order valence-corrected chi connectivity index (χ2v) is 6.68. The summed E-state index contributed by atoms with van der Waals surface area (Å²) in [6, 6.07) is 9.16. The number of oxazole rings is 1. The van der Waals surface area contributed by atoms with Crippen LogP contribution in [0.1, 0.15) is 11.1 Å². The Hall–Kier alpha value is -2.67. The van der Waals surface area contributed by atoms with Crippen LogP contribution in [0.25, 0.3) is 11.3 Å². The van der Waals surface area contributed by atoms with Crippen molar-refractivity contribution in [3.63, 3.8) is 0 Å². The van der Waals surface area contributed by atoms with E-state index in [4.69, 9.17) is 4.42 Å². The van der Waals surface area contributed by atoms with Gasteiger partial charge in [0.05, 0.1) is 11.9 Å². The van der Waals surface area contributed by atoms with Gasteiger partial charge in [0.15, 0.2) is 17.4 Å². The van der Waals surface area contributed by atoms with E-state index < -0.39 is 11.6 Å². The van der Waals surface area contributed by atoms with Crippen LogP contribution < -0.4 is 5.32 Å². The maximum Gasteiger partial charge on any atom is 0.256 e. The number of rotatable bonds is 5. The minimum atomic E-state index is -1.01. The van der Waals surface area contributed by atoms with Crippen LogP contribution in [0.2, 0.25) is 0 Å². The summed E-state index contributed by atoms with van der Waals surface area (Å²) >= 11 is 1.12. The number of halogens is 2. The van der Waals surface area contributed by atoms with Gasteiger partial charge < -0.3 is 9.73 Å². The van der Waals surface area contributed by atoms with E-state index in [-0.39, 0.29) is 17.3 Å². The van der Waals surface area contributed by atoms with Crippen molar-refractivity contribution in [1.82, 2.24) is 4.98 Å². The van der Waals surface area contributed by atoms with Crippen LogP contribution in [-0.4, -0.2) is 16.6 Å². The summed E-state index contributed by atoms with van der Waals surface area (Å²) < 4.78 is 31.7. The first-order valence-corrected chi connectivity index (χ1v) is 8.82. The topological polar surface area (TPSA) is 55.1 Å². The van der Waals surface area contributed by atoms with Crippen molar-refractivity contribution in [2.75, 3.05) is 11.1 Å². The van der Waals surface area contributed by atoms with E-state index >= 15 is 0 Å². The lowest BCUT2D eigenvalue weighted by molar-refractivity contribution is -0.113. The standard InChI is InChI=1S/C19H16F2N2O2S/c1-11-3-4-13(7-12(11)2)17-9-22-19(25-17)26-10-18(24)23-14-5-6-15(20)16(21)8-14/h3-9H,10H2,1-2H3,(H,23,24). The van der Waals surface area contributed by atoms with Crippen LogP contribution in [-0.2, 0) is 4.79 Å². The minimum Gasteiger partial charge on any atom is -0.431 e. The van der Waals surface area contributed by atoms with E-state index in [2.05, 4.69) is 10.3 Å². The van der Waals surface area contributed by atoms with Crippen molar-refractivity contribution in [2.45, 2.75) is 19.1 Å². The smallest absolute Gasteiger partial charge is 0.256 e. The lowest BCUT2D eigenvalue weighted by atomic mass is 10.1. The number of benzene rings is 2. The fourth-order valence-corrected chi connectivity index (χ4v) is 2.85. The molecule has 3 rings (SSSR count). The van der Waals surface area contributed by atoms with Crippen molar-refractivity contribution in [2.24, 2.45) is 0 Å². The number of aryl methyl sites for hydroxylation is 2. The molecule has 7 heteroatoms. The Bertz CT molecular complexity index is 956. The second-order valence-electron chi connectivity index (χ2n) is 5.76. The normalized spacial score (nSPS) is 10.8. The van der Waals surface area contributed by atoms with Gasteiger partial charge in [-0.3, -0.25) is 4.79 Å². The summed E-state index contributed by atoms with van der Waals surface area (Å²) in [5.74, 6) is -1.69. The first-order valence-electron chi connectivity index (χ1n) is 7.83. The fraction of sp³-hybridized carbons (Fsp3) is 0.158. The summed E-state index contributed by atoms with van der Waals surface area (Å²) in [7, 11) is 0. The molecule has 2 aromatic carbocycles.